The fourth-order valence-corrected chi connectivity index (χ4v) is 4.64. The maximum atomic E-state index is 12.6. The molecule has 2 aliphatic rings. The van der Waals surface area contributed by atoms with E-state index in [1.807, 2.05) is 12.1 Å². The van der Waals surface area contributed by atoms with Gasteiger partial charge < -0.3 is 15.0 Å². The molecule has 1 fully saturated rings. The van der Waals surface area contributed by atoms with Crippen LogP contribution in [0.5, 0.6) is 0 Å². The Hall–Kier alpha value is -1.04. The first-order valence-corrected chi connectivity index (χ1v) is 9.50. The third-order valence-electron chi connectivity index (χ3n) is 4.77. The number of ether oxygens (including phenoxy) is 1. The molecule has 0 aromatic heterocycles. The summed E-state index contributed by atoms with van der Waals surface area (Å²) in [5, 5.41) is 3.29. The Morgan fingerprint density at radius 3 is 2.91 bits per heavy atom. The molecule has 1 N–H and O–H groups in total. The molecule has 0 radical (unpaired) electrons. The van der Waals surface area contributed by atoms with E-state index in [4.69, 9.17) is 4.74 Å². The van der Waals surface area contributed by atoms with Gasteiger partial charge in [0.25, 0.3) is 0 Å². The smallest absolute Gasteiger partial charge is 0.228 e. The van der Waals surface area contributed by atoms with E-state index >= 15 is 0 Å². The summed E-state index contributed by atoms with van der Waals surface area (Å²) in [6, 6.07) is 8.62. The Morgan fingerprint density at radius 1 is 1.35 bits per heavy atom. The van der Waals surface area contributed by atoms with Crippen molar-refractivity contribution in [1.29, 1.82) is 0 Å². The van der Waals surface area contributed by atoms with Gasteiger partial charge in [-0.25, -0.2) is 0 Å². The van der Waals surface area contributed by atoms with E-state index in [-0.39, 0.29) is 11.8 Å². The lowest BCUT2D eigenvalue weighted by molar-refractivity contribution is -0.123. The minimum atomic E-state index is 0.0240. The summed E-state index contributed by atoms with van der Waals surface area (Å²) in [5.41, 5.74) is 1.20. The van der Waals surface area contributed by atoms with Crippen molar-refractivity contribution >= 4 is 17.7 Å². The first kappa shape index (κ1) is 16.8. The summed E-state index contributed by atoms with van der Waals surface area (Å²) >= 11 is 1.80. The lowest BCUT2D eigenvalue weighted by atomic mass is 9.98. The van der Waals surface area contributed by atoms with Crippen molar-refractivity contribution < 1.29 is 9.53 Å². The van der Waals surface area contributed by atoms with Gasteiger partial charge in [0.05, 0.1) is 5.92 Å². The third kappa shape index (κ3) is 4.28. The van der Waals surface area contributed by atoms with E-state index in [1.165, 1.54) is 10.5 Å². The minimum absolute atomic E-state index is 0.0240. The maximum absolute atomic E-state index is 12.6. The van der Waals surface area contributed by atoms with Gasteiger partial charge in [-0.15, -0.1) is 11.8 Å². The molecule has 1 aromatic carbocycles. The second-order valence-electron chi connectivity index (χ2n) is 6.37. The minimum Gasteiger partial charge on any atom is -0.385 e. The highest BCUT2D eigenvalue weighted by Crippen LogP contribution is 2.39. The third-order valence-corrected chi connectivity index (χ3v) is 5.96. The van der Waals surface area contributed by atoms with Crippen LogP contribution in [0.2, 0.25) is 0 Å². The van der Waals surface area contributed by atoms with Crippen LogP contribution >= 0.6 is 11.8 Å². The molecule has 0 unspecified atom stereocenters. The number of piperidine rings is 1. The SMILES string of the molecule is COCCCN1CCC(NC(=O)[C@H]2CSc3ccccc32)CC1. The number of carbonyl (C=O) groups is 1. The summed E-state index contributed by atoms with van der Waals surface area (Å²) in [7, 11) is 1.75. The first-order chi connectivity index (χ1) is 11.3. The number of likely N-dealkylation sites (tertiary alicyclic amines) is 1. The number of rotatable bonds is 6. The van der Waals surface area contributed by atoms with Crippen molar-refractivity contribution in [1.82, 2.24) is 10.2 Å². The van der Waals surface area contributed by atoms with Crippen molar-refractivity contribution in [3.63, 3.8) is 0 Å². The van der Waals surface area contributed by atoms with Crippen molar-refractivity contribution in [3.8, 4) is 0 Å². The van der Waals surface area contributed by atoms with Gasteiger partial charge in [-0.05, 0) is 30.9 Å². The van der Waals surface area contributed by atoms with Crippen molar-refractivity contribution in [2.45, 2.75) is 36.1 Å². The quantitative estimate of drug-likeness (QED) is 0.812. The number of fused-ring (bicyclic) bond motifs is 1. The zero-order valence-corrected chi connectivity index (χ0v) is 14.6. The van der Waals surface area contributed by atoms with E-state index in [1.54, 1.807) is 18.9 Å². The van der Waals surface area contributed by atoms with Gasteiger partial charge in [-0.3, -0.25) is 4.79 Å². The van der Waals surface area contributed by atoms with Gasteiger partial charge in [0.15, 0.2) is 0 Å². The number of nitrogens with one attached hydrogen (secondary N) is 1. The lowest BCUT2D eigenvalue weighted by Crippen LogP contribution is -2.46. The first-order valence-electron chi connectivity index (χ1n) is 8.51. The normalized spacial score (nSPS) is 22.0. The molecule has 4 nitrogen and oxygen atoms in total. The summed E-state index contributed by atoms with van der Waals surface area (Å²) in [5.74, 6) is 1.11. The van der Waals surface area contributed by atoms with E-state index in [2.05, 4.69) is 22.3 Å². The number of hydrogen-bond donors (Lipinski definition) is 1. The highest BCUT2D eigenvalue weighted by molar-refractivity contribution is 7.99. The van der Waals surface area contributed by atoms with E-state index in [0.717, 1.165) is 51.3 Å². The standard InChI is InChI=1S/C18H26N2O2S/c1-22-12-4-9-20-10-7-14(8-11-20)19-18(21)16-13-23-17-6-3-2-5-15(16)17/h2-3,5-6,14,16H,4,7-13H2,1H3,(H,19,21)/t16-/m0/s1. The Morgan fingerprint density at radius 2 is 2.13 bits per heavy atom. The van der Waals surface area contributed by atoms with Crippen LogP contribution in [-0.2, 0) is 9.53 Å². The molecular formula is C18H26N2O2S. The van der Waals surface area contributed by atoms with E-state index in [9.17, 15) is 4.79 Å². The van der Waals surface area contributed by atoms with Gasteiger partial charge in [-0.2, -0.15) is 0 Å². The Bertz CT molecular complexity index is 530. The van der Waals surface area contributed by atoms with Crippen LogP contribution in [0, 0.1) is 0 Å². The second-order valence-corrected chi connectivity index (χ2v) is 7.43. The Balaban J connectivity index is 1.45. The maximum Gasteiger partial charge on any atom is 0.228 e. The molecule has 0 bridgehead atoms. The number of carbonyl (C=O) groups excluding carboxylic acids is 1. The predicted octanol–water partition coefficient (Wildman–Crippen LogP) is 2.49. The number of nitrogens with zero attached hydrogens (tertiary/aromatic N) is 1. The van der Waals surface area contributed by atoms with Crippen molar-refractivity contribution in [2.24, 2.45) is 0 Å². The van der Waals surface area contributed by atoms with Crippen LogP contribution < -0.4 is 5.32 Å². The summed E-state index contributed by atoms with van der Waals surface area (Å²) < 4.78 is 5.11. The molecule has 126 valence electrons. The summed E-state index contributed by atoms with van der Waals surface area (Å²) in [6.07, 6.45) is 3.20. The topological polar surface area (TPSA) is 41.6 Å². The average Bonchev–Trinajstić information content (AvgIpc) is 3.01. The Kier molecular flexibility index (Phi) is 5.97. The molecule has 1 aromatic rings. The predicted molar refractivity (Wildman–Crippen MR) is 94.0 cm³/mol. The Labute approximate surface area is 143 Å². The van der Waals surface area contributed by atoms with Crippen LogP contribution in [0.4, 0.5) is 0 Å². The number of hydrogen-bond acceptors (Lipinski definition) is 4. The molecule has 23 heavy (non-hydrogen) atoms. The number of methoxy groups -OCH3 is 1. The molecule has 0 saturated carbocycles. The fraction of sp³-hybridized carbons (Fsp3) is 0.611. The largest absolute Gasteiger partial charge is 0.385 e. The molecule has 3 rings (SSSR count). The number of amides is 1. The number of benzene rings is 1. The second kappa shape index (κ2) is 8.18. The van der Waals surface area contributed by atoms with Gasteiger partial charge in [0.2, 0.25) is 5.91 Å². The van der Waals surface area contributed by atoms with Crippen LogP contribution in [0.25, 0.3) is 0 Å². The highest BCUT2D eigenvalue weighted by atomic mass is 32.2. The molecular weight excluding hydrogens is 308 g/mol. The molecule has 1 amide bonds. The van der Waals surface area contributed by atoms with Crippen LogP contribution in [-0.4, -0.2) is 56.0 Å². The van der Waals surface area contributed by atoms with E-state index < -0.39 is 0 Å². The summed E-state index contributed by atoms with van der Waals surface area (Å²) in [4.78, 5) is 16.4. The van der Waals surface area contributed by atoms with Crippen LogP contribution in [0.1, 0.15) is 30.7 Å². The molecule has 5 heteroatoms. The number of thioether (sulfide) groups is 1. The zero-order valence-electron chi connectivity index (χ0n) is 13.8. The molecule has 1 atom stereocenters. The van der Waals surface area contributed by atoms with Crippen molar-refractivity contribution in [2.75, 3.05) is 39.1 Å². The molecule has 0 aliphatic carbocycles. The van der Waals surface area contributed by atoms with Crippen LogP contribution in [0.3, 0.4) is 0 Å². The lowest BCUT2D eigenvalue weighted by Gasteiger charge is -2.32. The highest BCUT2D eigenvalue weighted by Gasteiger charge is 2.30. The van der Waals surface area contributed by atoms with Gasteiger partial charge in [0.1, 0.15) is 0 Å². The summed E-state index contributed by atoms with van der Waals surface area (Å²) in [6.45, 7) is 4.08. The zero-order chi connectivity index (χ0) is 16.1. The molecule has 2 heterocycles. The van der Waals surface area contributed by atoms with Gasteiger partial charge in [0, 0.05) is 50.0 Å². The fourth-order valence-electron chi connectivity index (χ4n) is 3.41. The monoisotopic (exact) mass is 334 g/mol. The van der Waals surface area contributed by atoms with Crippen molar-refractivity contribution in [3.05, 3.63) is 29.8 Å². The average molecular weight is 334 g/mol. The van der Waals surface area contributed by atoms with Crippen LogP contribution in [0.15, 0.2) is 29.2 Å². The molecule has 2 aliphatic heterocycles. The molecule has 1 saturated heterocycles. The van der Waals surface area contributed by atoms with Gasteiger partial charge >= 0.3 is 0 Å². The van der Waals surface area contributed by atoms with Gasteiger partial charge in [-0.1, -0.05) is 18.2 Å². The van der Waals surface area contributed by atoms with E-state index in [0.29, 0.717) is 6.04 Å². The molecule has 0 spiro atoms.